The third-order valence-corrected chi connectivity index (χ3v) is 4.19. The standard InChI is InChI=1S/C16H16BrNO/c1-19-14-6-2-4-12(10-14)11-18-9-8-13-5-3-7-15(17)16(13)18/h2-7,10H,8-9,11H2,1H3. The van der Waals surface area contributed by atoms with E-state index in [4.69, 9.17) is 4.74 Å². The van der Waals surface area contributed by atoms with Gasteiger partial charge in [-0.25, -0.2) is 0 Å². The topological polar surface area (TPSA) is 12.5 Å². The fourth-order valence-electron chi connectivity index (χ4n) is 2.63. The normalized spacial score (nSPS) is 13.5. The predicted molar refractivity (Wildman–Crippen MR) is 81.9 cm³/mol. The summed E-state index contributed by atoms with van der Waals surface area (Å²) in [5.41, 5.74) is 4.05. The highest BCUT2D eigenvalue weighted by atomic mass is 79.9. The third-order valence-electron chi connectivity index (χ3n) is 3.55. The zero-order valence-electron chi connectivity index (χ0n) is 10.9. The van der Waals surface area contributed by atoms with E-state index in [0.29, 0.717) is 0 Å². The molecule has 0 fully saturated rings. The Kier molecular flexibility index (Phi) is 3.47. The number of para-hydroxylation sites is 1. The third kappa shape index (κ3) is 2.47. The lowest BCUT2D eigenvalue weighted by Gasteiger charge is -2.21. The van der Waals surface area contributed by atoms with Crippen molar-refractivity contribution in [1.82, 2.24) is 0 Å². The summed E-state index contributed by atoms with van der Waals surface area (Å²) in [6.07, 6.45) is 1.12. The number of nitrogens with zero attached hydrogens (tertiary/aromatic N) is 1. The number of fused-ring (bicyclic) bond motifs is 1. The van der Waals surface area contributed by atoms with Gasteiger partial charge >= 0.3 is 0 Å². The first kappa shape index (κ1) is 12.5. The van der Waals surface area contributed by atoms with Crippen LogP contribution in [0.15, 0.2) is 46.9 Å². The van der Waals surface area contributed by atoms with Crippen LogP contribution in [0.5, 0.6) is 5.75 Å². The maximum atomic E-state index is 5.28. The Morgan fingerprint density at radius 3 is 2.89 bits per heavy atom. The number of hydrogen-bond donors (Lipinski definition) is 0. The molecular weight excluding hydrogens is 302 g/mol. The molecule has 3 heteroatoms. The van der Waals surface area contributed by atoms with Crippen LogP contribution < -0.4 is 9.64 Å². The second-order valence-corrected chi connectivity index (χ2v) is 5.62. The van der Waals surface area contributed by atoms with Crippen molar-refractivity contribution in [2.24, 2.45) is 0 Å². The van der Waals surface area contributed by atoms with Gasteiger partial charge in [0.2, 0.25) is 0 Å². The van der Waals surface area contributed by atoms with Gasteiger partial charge in [0.1, 0.15) is 5.75 Å². The average Bonchev–Trinajstić information content (AvgIpc) is 2.84. The molecule has 0 aliphatic carbocycles. The minimum absolute atomic E-state index is 0.920. The van der Waals surface area contributed by atoms with Gasteiger partial charge in [0, 0.05) is 17.6 Å². The van der Waals surface area contributed by atoms with Crippen LogP contribution in [0.4, 0.5) is 5.69 Å². The summed E-state index contributed by atoms with van der Waals surface area (Å²) in [7, 11) is 1.71. The Bertz CT molecular complexity index is 597. The lowest BCUT2D eigenvalue weighted by Crippen LogP contribution is -2.19. The van der Waals surface area contributed by atoms with E-state index in [1.54, 1.807) is 7.11 Å². The zero-order valence-corrected chi connectivity index (χ0v) is 12.5. The lowest BCUT2D eigenvalue weighted by atomic mass is 10.1. The Labute approximate surface area is 122 Å². The first-order valence-electron chi connectivity index (χ1n) is 6.43. The van der Waals surface area contributed by atoms with Crippen LogP contribution >= 0.6 is 15.9 Å². The van der Waals surface area contributed by atoms with Crippen LogP contribution in [0.3, 0.4) is 0 Å². The van der Waals surface area contributed by atoms with Crippen LogP contribution in [-0.4, -0.2) is 13.7 Å². The van der Waals surface area contributed by atoms with Crippen molar-refractivity contribution in [2.75, 3.05) is 18.6 Å². The number of benzene rings is 2. The van der Waals surface area contributed by atoms with E-state index in [9.17, 15) is 0 Å². The molecule has 0 amide bonds. The maximum Gasteiger partial charge on any atom is 0.119 e. The van der Waals surface area contributed by atoms with E-state index >= 15 is 0 Å². The average molecular weight is 318 g/mol. The van der Waals surface area contributed by atoms with Crippen molar-refractivity contribution in [1.29, 1.82) is 0 Å². The van der Waals surface area contributed by atoms with Gasteiger partial charge in [-0.15, -0.1) is 0 Å². The predicted octanol–water partition coefficient (Wildman–Crippen LogP) is 4.02. The molecule has 2 nitrogen and oxygen atoms in total. The molecule has 0 unspecified atom stereocenters. The lowest BCUT2D eigenvalue weighted by molar-refractivity contribution is 0.414. The molecule has 2 aromatic rings. The Morgan fingerprint density at radius 1 is 1.21 bits per heavy atom. The summed E-state index contributed by atoms with van der Waals surface area (Å²) in [5.74, 6) is 0.920. The number of halogens is 1. The summed E-state index contributed by atoms with van der Waals surface area (Å²) in [6.45, 7) is 2.00. The number of methoxy groups -OCH3 is 1. The minimum Gasteiger partial charge on any atom is -0.497 e. The summed E-state index contributed by atoms with van der Waals surface area (Å²) >= 11 is 3.66. The minimum atomic E-state index is 0.920. The molecule has 0 bridgehead atoms. The van der Waals surface area contributed by atoms with Gasteiger partial charge in [-0.1, -0.05) is 24.3 Å². The van der Waals surface area contributed by atoms with Crippen LogP contribution in [0.1, 0.15) is 11.1 Å². The summed E-state index contributed by atoms with van der Waals surface area (Å²) in [5, 5.41) is 0. The summed E-state index contributed by atoms with van der Waals surface area (Å²) in [6, 6.07) is 14.7. The first-order valence-corrected chi connectivity index (χ1v) is 7.22. The largest absolute Gasteiger partial charge is 0.497 e. The molecular formula is C16H16BrNO. The molecule has 1 aliphatic rings. The second kappa shape index (κ2) is 5.25. The molecule has 3 rings (SSSR count). The van der Waals surface area contributed by atoms with E-state index in [2.05, 4.69) is 51.2 Å². The summed E-state index contributed by atoms with van der Waals surface area (Å²) < 4.78 is 6.47. The SMILES string of the molecule is COc1cccc(CN2CCc3cccc(Br)c32)c1. The van der Waals surface area contributed by atoms with Crippen molar-refractivity contribution in [3.8, 4) is 5.75 Å². The monoisotopic (exact) mass is 317 g/mol. The Hall–Kier alpha value is -1.48. The molecule has 2 aromatic carbocycles. The Morgan fingerprint density at radius 2 is 2.05 bits per heavy atom. The molecule has 98 valence electrons. The molecule has 0 atom stereocenters. The summed E-state index contributed by atoms with van der Waals surface area (Å²) in [4.78, 5) is 2.42. The highest BCUT2D eigenvalue weighted by Gasteiger charge is 2.21. The van der Waals surface area contributed by atoms with E-state index in [-0.39, 0.29) is 0 Å². The van der Waals surface area contributed by atoms with Crippen LogP contribution in [0.2, 0.25) is 0 Å². The van der Waals surface area contributed by atoms with Crippen molar-refractivity contribution in [2.45, 2.75) is 13.0 Å². The van der Waals surface area contributed by atoms with Gasteiger partial charge in [-0.3, -0.25) is 0 Å². The van der Waals surface area contributed by atoms with Crippen molar-refractivity contribution < 1.29 is 4.74 Å². The highest BCUT2D eigenvalue weighted by molar-refractivity contribution is 9.10. The number of anilines is 1. The van der Waals surface area contributed by atoms with Crippen LogP contribution in [0.25, 0.3) is 0 Å². The van der Waals surface area contributed by atoms with Crippen LogP contribution in [-0.2, 0) is 13.0 Å². The molecule has 0 radical (unpaired) electrons. The smallest absolute Gasteiger partial charge is 0.119 e. The maximum absolute atomic E-state index is 5.28. The van der Waals surface area contributed by atoms with Gasteiger partial charge in [-0.05, 0) is 51.7 Å². The number of ether oxygens (including phenoxy) is 1. The van der Waals surface area contributed by atoms with Crippen molar-refractivity contribution in [3.63, 3.8) is 0 Å². The Balaban J connectivity index is 1.86. The van der Waals surface area contributed by atoms with Crippen molar-refractivity contribution in [3.05, 3.63) is 58.1 Å². The second-order valence-electron chi connectivity index (χ2n) is 4.77. The van der Waals surface area contributed by atoms with Gasteiger partial charge in [0.05, 0.1) is 12.8 Å². The molecule has 0 spiro atoms. The van der Waals surface area contributed by atoms with E-state index in [0.717, 1.165) is 25.3 Å². The fourth-order valence-corrected chi connectivity index (χ4v) is 3.29. The van der Waals surface area contributed by atoms with Gasteiger partial charge < -0.3 is 9.64 Å². The molecule has 1 aliphatic heterocycles. The van der Waals surface area contributed by atoms with Gasteiger partial charge in [0.25, 0.3) is 0 Å². The number of hydrogen-bond acceptors (Lipinski definition) is 2. The van der Waals surface area contributed by atoms with Crippen LogP contribution in [0, 0.1) is 0 Å². The van der Waals surface area contributed by atoms with Crippen molar-refractivity contribution >= 4 is 21.6 Å². The van der Waals surface area contributed by atoms with E-state index < -0.39 is 0 Å². The quantitative estimate of drug-likeness (QED) is 0.847. The molecule has 0 saturated carbocycles. The molecule has 0 N–H and O–H groups in total. The van der Waals surface area contributed by atoms with E-state index in [1.807, 2.05) is 12.1 Å². The molecule has 0 aromatic heterocycles. The van der Waals surface area contributed by atoms with Gasteiger partial charge in [0.15, 0.2) is 0 Å². The van der Waals surface area contributed by atoms with Gasteiger partial charge in [-0.2, -0.15) is 0 Å². The number of rotatable bonds is 3. The highest BCUT2D eigenvalue weighted by Crippen LogP contribution is 2.36. The fraction of sp³-hybridized carbons (Fsp3) is 0.250. The first-order chi connectivity index (χ1) is 9.28. The zero-order chi connectivity index (χ0) is 13.2. The van der Waals surface area contributed by atoms with E-state index in [1.165, 1.54) is 21.3 Å². The molecule has 19 heavy (non-hydrogen) atoms. The molecule has 1 heterocycles. The molecule has 0 saturated heterocycles.